The average Bonchev–Trinajstić information content (AvgIpc) is 3.01. The lowest BCUT2D eigenvalue weighted by Gasteiger charge is -2.12. The Morgan fingerprint density at radius 2 is 2.05 bits per heavy atom. The lowest BCUT2D eigenvalue weighted by molar-refractivity contribution is -0.150. The van der Waals surface area contributed by atoms with Gasteiger partial charge in [0.2, 0.25) is 5.91 Å². The van der Waals surface area contributed by atoms with Crippen molar-refractivity contribution in [2.24, 2.45) is 5.41 Å². The topological polar surface area (TPSA) is 81.4 Å². The fraction of sp³-hybridized carbons (Fsp3) is 0.615. The maximum absolute atomic E-state index is 12.1. The Balaban J connectivity index is 2.08. The molecule has 0 unspecified atom stereocenters. The third-order valence-corrected chi connectivity index (χ3v) is 3.25. The minimum absolute atomic E-state index is 0.185. The summed E-state index contributed by atoms with van der Waals surface area (Å²) in [5, 5.41) is 6.40. The van der Waals surface area contributed by atoms with Gasteiger partial charge in [0.25, 0.3) is 0 Å². The van der Waals surface area contributed by atoms with Crippen LogP contribution in [-0.2, 0) is 19.7 Å². The molecular formula is C13H18N2O4. The summed E-state index contributed by atoms with van der Waals surface area (Å²) >= 11 is 0. The van der Waals surface area contributed by atoms with E-state index in [1.807, 2.05) is 20.8 Å². The number of hydrogen-bond acceptors (Lipinski definition) is 5. The van der Waals surface area contributed by atoms with Gasteiger partial charge in [0, 0.05) is 11.5 Å². The standard InChI is InChI=1S/C13H18N2O4/c1-12(2,3)8-7-9(15-19-8)14-10(16)13(5-6-13)11(17)18-4/h7H,5-6H2,1-4H3,(H,14,15,16). The molecule has 1 aromatic rings. The van der Waals surface area contributed by atoms with Crippen LogP contribution in [0.4, 0.5) is 5.82 Å². The first kappa shape index (κ1) is 13.6. The molecule has 6 heteroatoms. The van der Waals surface area contributed by atoms with Crippen molar-refractivity contribution >= 4 is 17.7 Å². The van der Waals surface area contributed by atoms with Gasteiger partial charge in [-0.05, 0) is 12.8 Å². The Morgan fingerprint density at radius 3 is 2.47 bits per heavy atom. The molecule has 0 bridgehead atoms. The van der Waals surface area contributed by atoms with Gasteiger partial charge in [0.15, 0.2) is 5.82 Å². The fourth-order valence-electron chi connectivity index (χ4n) is 1.77. The van der Waals surface area contributed by atoms with E-state index >= 15 is 0 Å². The van der Waals surface area contributed by atoms with Crippen LogP contribution < -0.4 is 5.32 Å². The molecule has 0 saturated heterocycles. The predicted molar refractivity (Wildman–Crippen MR) is 67.5 cm³/mol. The summed E-state index contributed by atoms with van der Waals surface area (Å²) in [7, 11) is 1.28. The second kappa shape index (κ2) is 4.36. The van der Waals surface area contributed by atoms with Crippen molar-refractivity contribution in [3.05, 3.63) is 11.8 Å². The molecule has 1 heterocycles. The van der Waals surface area contributed by atoms with Crippen LogP contribution in [0.3, 0.4) is 0 Å². The van der Waals surface area contributed by atoms with Gasteiger partial charge in [-0.25, -0.2) is 0 Å². The minimum atomic E-state index is -1.03. The molecular weight excluding hydrogens is 248 g/mol. The maximum Gasteiger partial charge on any atom is 0.321 e. The summed E-state index contributed by atoms with van der Waals surface area (Å²) in [4.78, 5) is 23.6. The summed E-state index contributed by atoms with van der Waals surface area (Å²) in [6, 6.07) is 1.67. The molecule has 0 radical (unpaired) electrons. The zero-order valence-electron chi connectivity index (χ0n) is 11.6. The number of hydrogen-bond donors (Lipinski definition) is 1. The van der Waals surface area contributed by atoms with E-state index in [0.717, 1.165) is 0 Å². The van der Waals surface area contributed by atoms with Gasteiger partial charge in [-0.15, -0.1) is 0 Å². The van der Waals surface area contributed by atoms with E-state index in [2.05, 4.69) is 15.2 Å². The smallest absolute Gasteiger partial charge is 0.321 e. The Kier molecular flexibility index (Phi) is 3.12. The van der Waals surface area contributed by atoms with Crippen LogP contribution in [0.15, 0.2) is 10.6 Å². The molecule has 104 valence electrons. The first-order valence-corrected chi connectivity index (χ1v) is 6.17. The van der Waals surface area contributed by atoms with Gasteiger partial charge in [-0.2, -0.15) is 0 Å². The Labute approximate surface area is 111 Å². The lowest BCUT2D eigenvalue weighted by Crippen LogP contribution is -2.32. The fourth-order valence-corrected chi connectivity index (χ4v) is 1.77. The van der Waals surface area contributed by atoms with E-state index in [4.69, 9.17) is 4.52 Å². The molecule has 19 heavy (non-hydrogen) atoms. The highest BCUT2D eigenvalue weighted by Gasteiger charge is 2.58. The summed E-state index contributed by atoms with van der Waals surface area (Å²) < 4.78 is 9.82. The Hall–Kier alpha value is -1.85. The van der Waals surface area contributed by atoms with E-state index in [-0.39, 0.29) is 11.3 Å². The molecule has 2 rings (SSSR count). The van der Waals surface area contributed by atoms with Gasteiger partial charge in [-0.3, -0.25) is 9.59 Å². The zero-order valence-corrected chi connectivity index (χ0v) is 11.6. The van der Waals surface area contributed by atoms with Crippen LogP contribution in [0.1, 0.15) is 39.4 Å². The van der Waals surface area contributed by atoms with Crippen molar-refractivity contribution in [3.8, 4) is 0 Å². The van der Waals surface area contributed by atoms with Crippen LogP contribution in [0.2, 0.25) is 0 Å². The van der Waals surface area contributed by atoms with Crippen LogP contribution in [0.5, 0.6) is 0 Å². The van der Waals surface area contributed by atoms with Crippen LogP contribution in [-0.4, -0.2) is 24.1 Å². The molecule has 1 aliphatic carbocycles. The second-order valence-corrected chi connectivity index (χ2v) is 5.85. The molecule has 0 atom stereocenters. The van der Waals surface area contributed by atoms with E-state index in [0.29, 0.717) is 24.4 Å². The molecule has 1 aliphatic rings. The molecule has 6 nitrogen and oxygen atoms in total. The average molecular weight is 266 g/mol. The normalized spacial score (nSPS) is 16.8. The molecule has 1 saturated carbocycles. The van der Waals surface area contributed by atoms with Crippen molar-refractivity contribution in [3.63, 3.8) is 0 Å². The molecule has 0 aromatic carbocycles. The first-order valence-electron chi connectivity index (χ1n) is 6.17. The van der Waals surface area contributed by atoms with Gasteiger partial charge in [-0.1, -0.05) is 25.9 Å². The van der Waals surface area contributed by atoms with Crippen molar-refractivity contribution in [2.45, 2.75) is 39.0 Å². The first-order chi connectivity index (χ1) is 8.79. The van der Waals surface area contributed by atoms with Crippen LogP contribution >= 0.6 is 0 Å². The van der Waals surface area contributed by atoms with Gasteiger partial charge >= 0.3 is 5.97 Å². The molecule has 1 N–H and O–H groups in total. The number of anilines is 1. The highest BCUT2D eigenvalue weighted by atomic mass is 16.5. The number of carbonyl (C=O) groups excluding carboxylic acids is 2. The number of rotatable bonds is 3. The minimum Gasteiger partial charge on any atom is -0.468 e. The lowest BCUT2D eigenvalue weighted by atomic mass is 9.93. The molecule has 1 fully saturated rings. The largest absolute Gasteiger partial charge is 0.468 e. The van der Waals surface area contributed by atoms with E-state index in [1.165, 1.54) is 7.11 Å². The number of amides is 1. The SMILES string of the molecule is COC(=O)C1(C(=O)Nc2cc(C(C)(C)C)on2)CC1. The number of methoxy groups -OCH3 is 1. The number of carbonyl (C=O) groups is 2. The molecule has 1 aromatic heterocycles. The van der Waals surface area contributed by atoms with Gasteiger partial charge in [0.05, 0.1) is 7.11 Å². The highest BCUT2D eigenvalue weighted by Crippen LogP contribution is 2.47. The number of ether oxygens (including phenoxy) is 1. The van der Waals surface area contributed by atoms with Gasteiger partial charge < -0.3 is 14.6 Å². The Bertz CT molecular complexity index is 509. The van der Waals surface area contributed by atoms with E-state index in [1.54, 1.807) is 6.07 Å². The summed E-state index contributed by atoms with van der Waals surface area (Å²) in [5.74, 6) is 0.119. The van der Waals surface area contributed by atoms with Crippen LogP contribution in [0.25, 0.3) is 0 Å². The number of nitrogens with one attached hydrogen (secondary N) is 1. The van der Waals surface area contributed by atoms with E-state index in [9.17, 15) is 9.59 Å². The van der Waals surface area contributed by atoms with Crippen molar-refractivity contribution < 1.29 is 18.8 Å². The number of nitrogens with zero attached hydrogens (tertiary/aromatic N) is 1. The van der Waals surface area contributed by atoms with Crippen molar-refractivity contribution in [1.29, 1.82) is 0 Å². The van der Waals surface area contributed by atoms with E-state index < -0.39 is 11.4 Å². The monoisotopic (exact) mass is 266 g/mol. The predicted octanol–water partition coefficient (Wildman–Crippen LogP) is 1.86. The molecule has 1 amide bonds. The van der Waals surface area contributed by atoms with Crippen LogP contribution in [0, 0.1) is 5.41 Å². The third-order valence-electron chi connectivity index (χ3n) is 3.25. The molecule has 0 aliphatic heterocycles. The quantitative estimate of drug-likeness (QED) is 0.667. The zero-order chi connectivity index (χ0) is 14.3. The van der Waals surface area contributed by atoms with Gasteiger partial charge in [0.1, 0.15) is 11.2 Å². The Morgan fingerprint density at radius 1 is 1.42 bits per heavy atom. The number of aromatic nitrogens is 1. The summed E-state index contributed by atoms with van der Waals surface area (Å²) in [6.45, 7) is 5.95. The second-order valence-electron chi connectivity index (χ2n) is 5.85. The highest BCUT2D eigenvalue weighted by molar-refractivity contribution is 6.11. The maximum atomic E-state index is 12.1. The number of esters is 1. The third kappa shape index (κ3) is 2.47. The summed E-state index contributed by atoms with van der Waals surface area (Å²) in [6.07, 6.45) is 1.02. The molecule has 0 spiro atoms. The summed E-state index contributed by atoms with van der Waals surface area (Å²) in [5.41, 5.74) is -1.22. The van der Waals surface area contributed by atoms with Crippen molar-refractivity contribution in [1.82, 2.24) is 5.16 Å². The van der Waals surface area contributed by atoms with Crippen molar-refractivity contribution in [2.75, 3.05) is 12.4 Å².